The largest absolute Gasteiger partial charge is 0.376 e. The number of thioether (sulfide) groups is 1. The van der Waals surface area contributed by atoms with Crippen molar-refractivity contribution in [1.82, 2.24) is 14.9 Å². The van der Waals surface area contributed by atoms with Crippen LogP contribution in [0.3, 0.4) is 0 Å². The van der Waals surface area contributed by atoms with E-state index in [9.17, 15) is 9.59 Å². The van der Waals surface area contributed by atoms with Gasteiger partial charge in [-0.3, -0.25) is 9.36 Å². The van der Waals surface area contributed by atoms with Crippen molar-refractivity contribution in [3.8, 4) is 0 Å². The van der Waals surface area contributed by atoms with E-state index in [0.717, 1.165) is 66.3 Å². The number of thiophene rings is 1. The number of nitrogens with zero attached hydrogens (tertiary/aromatic N) is 2. The SMILES string of the molecule is O=C(CSc1nc(=O)n(CC2CCCO2)c2c1CCCC2)NCc1cccs1. The molecule has 2 aliphatic rings. The number of rotatable bonds is 7. The lowest BCUT2D eigenvalue weighted by Crippen LogP contribution is -2.34. The molecule has 1 aliphatic carbocycles. The summed E-state index contributed by atoms with van der Waals surface area (Å²) in [6, 6.07) is 3.98. The Bertz CT molecular complexity index is 874. The van der Waals surface area contributed by atoms with E-state index < -0.39 is 0 Å². The van der Waals surface area contributed by atoms with Gasteiger partial charge in [0.15, 0.2) is 0 Å². The smallest absolute Gasteiger partial charge is 0.348 e. The molecule has 28 heavy (non-hydrogen) atoms. The molecule has 0 spiro atoms. The second kappa shape index (κ2) is 9.24. The Kier molecular flexibility index (Phi) is 6.49. The Hall–Kier alpha value is -1.64. The first kappa shape index (κ1) is 19.7. The average Bonchev–Trinajstić information content (AvgIpc) is 3.41. The number of amides is 1. The molecule has 6 nitrogen and oxygen atoms in total. The van der Waals surface area contributed by atoms with E-state index in [1.807, 2.05) is 22.1 Å². The Morgan fingerprint density at radius 3 is 3.04 bits per heavy atom. The van der Waals surface area contributed by atoms with Crippen molar-refractivity contribution in [3.05, 3.63) is 44.1 Å². The molecule has 1 fully saturated rings. The Balaban J connectivity index is 1.45. The minimum absolute atomic E-state index is 0.0340. The summed E-state index contributed by atoms with van der Waals surface area (Å²) in [4.78, 5) is 30.4. The third-order valence-electron chi connectivity index (χ3n) is 5.24. The number of fused-ring (bicyclic) bond motifs is 1. The standard InChI is InChI=1S/C20H25N3O3S2/c24-18(21-11-15-6-4-10-27-15)13-28-19-16-7-1-2-8-17(16)23(20(25)22-19)12-14-5-3-9-26-14/h4,6,10,14H,1-3,5,7-9,11-13H2,(H,21,24). The van der Waals surface area contributed by atoms with Gasteiger partial charge in [-0.2, -0.15) is 4.98 Å². The highest BCUT2D eigenvalue weighted by atomic mass is 32.2. The van der Waals surface area contributed by atoms with Crippen molar-refractivity contribution in [3.63, 3.8) is 0 Å². The summed E-state index contributed by atoms with van der Waals surface area (Å²) in [6.45, 7) is 1.93. The molecule has 1 aliphatic heterocycles. The van der Waals surface area contributed by atoms with Crippen LogP contribution in [0.25, 0.3) is 0 Å². The number of hydrogen-bond donors (Lipinski definition) is 1. The zero-order valence-corrected chi connectivity index (χ0v) is 17.4. The molecule has 2 aromatic heterocycles. The van der Waals surface area contributed by atoms with Crippen molar-refractivity contribution in [2.45, 2.75) is 62.7 Å². The quantitative estimate of drug-likeness (QED) is 0.552. The molecule has 0 bridgehead atoms. The third kappa shape index (κ3) is 4.67. The summed E-state index contributed by atoms with van der Waals surface area (Å²) < 4.78 is 7.55. The summed E-state index contributed by atoms with van der Waals surface area (Å²) in [5.74, 6) is 0.244. The molecule has 1 atom stereocenters. The molecule has 0 radical (unpaired) electrons. The van der Waals surface area contributed by atoms with Crippen LogP contribution in [0, 0.1) is 0 Å². The lowest BCUT2D eigenvalue weighted by Gasteiger charge is -2.24. The van der Waals surface area contributed by atoms with Crippen LogP contribution >= 0.6 is 23.1 Å². The van der Waals surface area contributed by atoms with E-state index in [1.165, 1.54) is 11.8 Å². The van der Waals surface area contributed by atoms with Crippen LogP contribution in [0.15, 0.2) is 27.3 Å². The highest BCUT2D eigenvalue weighted by molar-refractivity contribution is 7.99. The fourth-order valence-corrected chi connectivity index (χ4v) is 5.38. The van der Waals surface area contributed by atoms with Gasteiger partial charge in [-0.1, -0.05) is 17.8 Å². The van der Waals surface area contributed by atoms with Gasteiger partial charge in [0.25, 0.3) is 0 Å². The van der Waals surface area contributed by atoms with E-state index in [0.29, 0.717) is 13.1 Å². The van der Waals surface area contributed by atoms with Crippen LogP contribution in [0.2, 0.25) is 0 Å². The Morgan fingerprint density at radius 2 is 2.25 bits per heavy atom. The lowest BCUT2D eigenvalue weighted by molar-refractivity contribution is -0.118. The Morgan fingerprint density at radius 1 is 1.36 bits per heavy atom. The minimum atomic E-state index is -0.211. The predicted molar refractivity (Wildman–Crippen MR) is 111 cm³/mol. The maximum atomic E-state index is 12.7. The number of ether oxygens (including phenoxy) is 1. The number of nitrogens with one attached hydrogen (secondary N) is 1. The Labute approximate surface area is 172 Å². The van der Waals surface area contributed by atoms with Gasteiger partial charge in [0.2, 0.25) is 5.91 Å². The summed E-state index contributed by atoms with van der Waals surface area (Å²) >= 11 is 3.01. The van der Waals surface area contributed by atoms with Gasteiger partial charge in [0, 0.05) is 22.7 Å². The second-order valence-corrected chi connectivity index (χ2v) is 9.22. The van der Waals surface area contributed by atoms with Crippen LogP contribution in [0.5, 0.6) is 0 Å². The first-order valence-electron chi connectivity index (χ1n) is 9.87. The zero-order chi connectivity index (χ0) is 19.3. The van der Waals surface area contributed by atoms with Crippen LogP contribution < -0.4 is 11.0 Å². The van der Waals surface area contributed by atoms with E-state index in [2.05, 4.69) is 10.3 Å². The van der Waals surface area contributed by atoms with Gasteiger partial charge >= 0.3 is 5.69 Å². The molecule has 3 heterocycles. The summed E-state index contributed by atoms with van der Waals surface area (Å²) in [7, 11) is 0. The van der Waals surface area contributed by atoms with Gasteiger partial charge in [0.05, 0.1) is 24.9 Å². The number of aromatic nitrogens is 2. The summed E-state index contributed by atoms with van der Waals surface area (Å²) in [5.41, 5.74) is 2.04. The van der Waals surface area contributed by atoms with Crippen molar-refractivity contribution in [2.24, 2.45) is 0 Å². The molecule has 8 heteroatoms. The first-order chi connectivity index (χ1) is 13.7. The van der Waals surface area contributed by atoms with E-state index in [-0.39, 0.29) is 23.5 Å². The molecule has 4 rings (SSSR count). The van der Waals surface area contributed by atoms with Crippen LogP contribution in [-0.2, 0) is 35.5 Å². The number of carbonyl (C=O) groups excluding carboxylic acids is 1. The summed E-state index contributed by atoms with van der Waals surface area (Å²) in [6.07, 6.45) is 6.20. The molecule has 1 N–H and O–H groups in total. The van der Waals surface area contributed by atoms with E-state index >= 15 is 0 Å². The van der Waals surface area contributed by atoms with E-state index in [1.54, 1.807) is 11.3 Å². The van der Waals surface area contributed by atoms with Gasteiger partial charge in [-0.25, -0.2) is 4.79 Å². The normalized spacial score (nSPS) is 18.8. The maximum absolute atomic E-state index is 12.7. The van der Waals surface area contributed by atoms with Gasteiger partial charge in [0.1, 0.15) is 5.03 Å². The molecule has 150 valence electrons. The van der Waals surface area contributed by atoms with Crippen molar-refractivity contribution >= 4 is 29.0 Å². The molecule has 0 saturated carbocycles. The number of carbonyl (C=O) groups is 1. The van der Waals surface area contributed by atoms with Crippen molar-refractivity contribution in [2.75, 3.05) is 12.4 Å². The number of hydrogen-bond acceptors (Lipinski definition) is 6. The van der Waals surface area contributed by atoms with Crippen LogP contribution in [0.1, 0.15) is 41.8 Å². The van der Waals surface area contributed by atoms with Crippen LogP contribution in [0.4, 0.5) is 0 Å². The molecule has 0 aromatic carbocycles. The molecule has 1 saturated heterocycles. The van der Waals surface area contributed by atoms with Gasteiger partial charge in [-0.15, -0.1) is 11.3 Å². The topological polar surface area (TPSA) is 73.2 Å². The molecular weight excluding hydrogens is 394 g/mol. The van der Waals surface area contributed by atoms with Crippen molar-refractivity contribution < 1.29 is 9.53 Å². The molecule has 2 aromatic rings. The van der Waals surface area contributed by atoms with Crippen molar-refractivity contribution in [1.29, 1.82) is 0 Å². The second-order valence-electron chi connectivity index (χ2n) is 7.22. The summed E-state index contributed by atoms with van der Waals surface area (Å²) in [5, 5.41) is 5.66. The van der Waals surface area contributed by atoms with Gasteiger partial charge < -0.3 is 10.1 Å². The maximum Gasteiger partial charge on any atom is 0.348 e. The third-order valence-corrected chi connectivity index (χ3v) is 7.13. The average molecular weight is 420 g/mol. The highest BCUT2D eigenvalue weighted by Gasteiger charge is 2.24. The fourth-order valence-electron chi connectivity index (χ4n) is 3.83. The molecular formula is C20H25N3O3S2. The molecule has 1 unspecified atom stereocenters. The zero-order valence-electron chi connectivity index (χ0n) is 15.8. The van der Waals surface area contributed by atoms with Gasteiger partial charge in [-0.05, 0) is 50.0 Å². The predicted octanol–water partition coefficient (Wildman–Crippen LogP) is 2.77. The monoisotopic (exact) mass is 419 g/mol. The highest BCUT2D eigenvalue weighted by Crippen LogP contribution is 2.29. The first-order valence-corrected chi connectivity index (χ1v) is 11.7. The molecule has 1 amide bonds. The lowest BCUT2D eigenvalue weighted by atomic mass is 9.97. The van der Waals surface area contributed by atoms with E-state index in [4.69, 9.17) is 4.74 Å². The van der Waals surface area contributed by atoms with Crippen LogP contribution in [-0.4, -0.2) is 33.9 Å². The fraction of sp³-hybridized carbons (Fsp3) is 0.550. The minimum Gasteiger partial charge on any atom is -0.376 e.